The maximum Gasteiger partial charge on any atom is 0.519 e. The molecule has 3 aliphatic rings. The number of carbonyl (C=O) groups excluding carboxylic acids is 3. The predicted molar refractivity (Wildman–Crippen MR) is 157 cm³/mol. The molecule has 0 bridgehead atoms. The van der Waals surface area contributed by atoms with Crippen LogP contribution in [0.2, 0.25) is 0 Å². The second-order valence-electron chi connectivity index (χ2n) is 10.7. The largest absolute Gasteiger partial charge is 0.519 e. The summed E-state index contributed by atoms with van der Waals surface area (Å²) in [7, 11) is 0. The minimum atomic E-state index is -0.832. The van der Waals surface area contributed by atoms with Crippen LogP contribution in [0, 0.1) is 6.92 Å². The quantitative estimate of drug-likeness (QED) is 0.347. The molecule has 1 saturated heterocycles. The van der Waals surface area contributed by atoms with Gasteiger partial charge in [-0.2, -0.15) is 0 Å². The monoisotopic (exact) mass is 590 g/mol. The van der Waals surface area contributed by atoms with Gasteiger partial charge in [-0.25, -0.2) is 19.6 Å². The summed E-state index contributed by atoms with van der Waals surface area (Å²) in [5.41, 5.74) is 2.11. The zero-order valence-corrected chi connectivity index (χ0v) is 24.5. The van der Waals surface area contributed by atoms with Gasteiger partial charge in [-0.15, -0.1) is 0 Å². The van der Waals surface area contributed by atoms with Gasteiger partial charge in [-0.05, 0) is 58.0 Å². The first-order valence-electron chi connectivity index (χ1n) is 14.2. The van der Waals surface area contributed by atoms with E-state index in [0.29, 0.717) is 49.0 Å². The number of carbonyl (C=O) groups is 3. The third-order valence-corrected chi connectivity index (χ3v) is 7.96. The van der Waals surface area contributed by atoms with Crippen molar-refractivity contribution in [2.24, 2.45) is 9.98 Å². The summed E-state index contributed by atoms with van der Waals surface area (Å²) >= 11 is 0. The molecule has 0 atom stereocenters. The molecule has 2 aromatic heterocycles. The van der Waals surface area contributed by atoms with E-state index >= 15 is 0 Å². The van der Waals surface area contributed by atoms with Crippen molar-refractivity contribution in [3.8, 4) is 0 Å². The zero-order valence-electron chi connectivity index (χ0n) is 24.5. The Kier molecular flexibility index (Phi) is 8.69. The lowest BCUT2D eigenvalue weighted by Gasteiger charge is -2.36. The molecule has 226 valence electrons. The molecule has 13 heteroatoms. The number of hydrogen-bond acceptors (Lipinski definition) is 11. The van der Waals surface area contributed by atoms with Gasteiger partial charge in [0.1, 0.15) is 5.84 Å². The van der Waals surface area contributed by atoms with Crippen LogP contribution < -0.4 is 10.7 Å². The molecule has 13 nitrogen and oxygen atoms in total. The lowest BCUT2D eigenvalue weighted by molar-refractivity contribution is -0.127. The number of pyridine rings is 1. The second kappa shape index (κ2) is 12.6. The van der Waals surface area contributed by atoms with Crippen molar-refractivity contribution in [2.45, 2.75) is 59.1 Å². The van der Waals surface area contributed by atoms with Crippen LogP contribution in [0.1, 0.15) is 51.1 Å². The predicted octanol–water partition coefficient (Wildman–Crippen LogP) is 3.70. The maximum absolute atomic E-state index is 13.6. The van der Waals surface area contributed by atoms with E-state index in [1.165, 1.54) is 13.1 Å². The van der Waals surface area contributed by atoms with Gasteiger partial charge in [0.25, 0.3) is 5.91 Å². The number of aliphatic imine (C=N–C) groups is 2. The second-order valence-corrected chi connectivity index (χ2v) is 10.7. The first-order valence-corrected chi connectivity index (χ1v) is 14.2. The highest BCUT2D eigenvalue weighted by Crippen LogP contribution is 2.34. The number of ether oxygens (including phenoxy) is 1. The van der Waals surface area contributed by atoms with Gasteiger partial charge < -0.3 is 23.4 Å². The summed E-state index contributed by atoms with van der Waals surface area (Å²) in [6, 6.07) is 3.61. The number of amides is 2. The topological polar surface area (TPSA) is 151 Å². The Hall–Kier alpha value is -4.81. The van der Waals surface area contributed by atoms with Crippen LogP contribution in [0.4, 0.5) is 16.3 Å². The van der Waals surface area contributed by atoms with Gasteiger partial charge in [0, 0.05) is 44.0 Å². The van der Waals surface area contributed by atoms with E-state index in [1.807, 2.05) is 6.07 Å². The lowest BCUT2D eigenvalue weighted by Crippen LogP contribution is -2.49. The van der Waals surface area contributed by atoms with E-state index < -0.39 is 11.9 Å². The van der Waals surface area contributed by atoms with Gasteiger partial charge in [-0.1, -0.05) is 12.8 Å². The average Bonchev–Trinajstić information content (AvgIpc) is 3.63. The van der Waals surface area contributed by atoms with Crippen LogP contribution in [0.15, 0.2) is 64.9 Å². The number of Topliss-reactive ketones (excluding diaryl/α,β-unsaturated/α-hetero) is 1. The fourth-order valence-electron chi connectivity index (χ4n) is 5.70. The summed E-state index contributed by atoms with van der Waals surface area (Å²) in [5, 5.41) is 0. The van der Waals surface area contributed by atoms with Crippen LogP contribution in [-0.4, -0.2) is 77.3 Å². The number of nitrogens with zero attached hydrogens (tertiary/aromatic N) is 6. The third-order valence-electron chi connectivity index (χ3n) is 7.96. The summed E-state index contributed by atoms with van der Waals surface area (Å²) in [6.07, 6.45) is 6.40. The smallest absolute Gasteiger partial charge is 0.441 e. The summed E-state index contributed by atoms with van der Waals surface area (Å²) < 4.78 is 14.9. The van der Waals surface area contributed by atoms with Gasteiger partial charge >= 0.3 is 11.9 Å². The van der Waals surface area contributed by atoms with E-state index in [1.54, 1.807) is 35.9 Å². The Morgan fingerprint density at radius 1 is 1.12 bits per heavy atom. The standard InChI is InChI=1S/C30H34N6O7/c1-18-23(16-31-4)27(36(21-7-5-6-8-21)28(38)26(18)19(2)37)33-25-10-9-22(15-32-25)34-11-13-35(14-12-34)29(39)41-17-24-20(3)42-30(40)43-24/h9-10,15-16,21H,4-8,11-14,17H2,1-3H3/b23-16-,33-27?. The molecule has 2 amide bonds. The molecule has 5 rings (SSSR count). The Morgan fingerprint density at radius 3 is 2.42 bits per heavy atom. The van der Waals surface area contributed by atoms with E-state index in [2.05, 4.69) is 21.6 Å². The molecule has 2 fully saturated rings. The molecule has 0 N–H and O–H groups in total. The van der Waals surface area contributed by atoms with Crippen LogP contribution in [0.25, 0.3) is 0 Å². The van der Waals surface area contributed by atoms with E-state index in [4.69, 9.17) is 18.6 Å². The highest BCUT2D eigenvalue weighted by molar-refractivity contribution is 6.29. The normalized spacial score (nSPS) is 20.0. The fourth-order valence-corrected chi connectivity index (χ4v) is 5.70. The fraction of sp³-hybridized carbons (Fsp3) is 0.433. The van der Waals surface area contributed by atoms with E-state index in [0.717, 1.165) is 31.4 Å². The lowest BCUT2D eigenvalue weighted by atomic mass is 9.91. The number of amidine groups is 1. The van der Waals surface area contributed by atoms with Crippen molar-refractivity contribution in [1.29, 1.82) is 0 Å². The number of rotatable bonds is 7. The molecular weight excluding hydrogens is 556 g/mol. The minimum absolute atomic E-state index is 0.0635. The summed E-state index contributed by atoms with van der Waals surface area (Å²) in [4.78, 5) is 68.4. The van der Waals surface area contributed by atoms with E-state index in [-0.39, 0.29) is 41.4 Å². The molecule has 2 aliphatic heterocycles. The highest BCUT2D eigenvalue weighted by atomic mass is 16.6. The third kappa shape index (κ3) is 6.20. The van der Waals surface area contributed by atoms with E-state index in [9.17, 15) is 19.2 Å². The molecular formula is C30H34N6O7. The Balaban J connectivity index is 1.30. The minimum Gasteiger partial charge on any atom is -0.441 e. The molecule has 0 spiro atoms. The molecule has 43 heavy (non-hydrogen) atoms. The van der Waals surface area contributed by atoms with Crippen molar-refractivity contribution < 1.29 is 28.0 Å². The van der Waals surface area contributed by atoms with Crippen LogP contribution in [-0.2, 0) is 20.9 Å². The SMILES string of the molecule is C=N/C=C1\C(=Nc2ccc(N3CCN(C(=O)OCc4oc(=O)oc4C)CC3)cn2)N(C2CCCC2)C(=O)C(C(C)=O)=C1C. The number of aromatic nitrogens is 1. The number of piperazine rings is 1. The van der Waals surface area contributed by atoms with Gasteiger partial charge in [-0.3, -0.25) is 19.5 Å². The first kappa shape index (κ1) is 29.7. The number of aryl methyl sites for hydroxylation is 1. The molecule has 0 unspecified atom stereocenters. The van der Waals surface area contributed by atoms with Crippen molar-refractivity contribution in [1.82, 2.24) is 14.8 Å². The van der Waals surface area contributed by atoms with Crippen LogP contribution in [0.5, 0.6) is 0 Å². The average molecular weight is 591 g/mol. The Bertz CT molecular complexity index is 1570. The van der Waals surface area contributed by atoms with Gasteiger partial charge in [0.2, 0.25) is 0 Å². The molecule has 1 aliphatic carbocycles. The van der Waals surface area contributed by atoms with Crippen molar-refractivity contribution in [3.05, 3.63) is 63.4 Å². The zero-order chi connectivity index (χ0) is 30.7. The maximum atomic E-state index is 13.6. The summed E-state index contributed by atoms with van der Waals surface area (Å²) in [5.74, 6) is -0.171. The Morgan fingerprint density at radius 2 is 1.84 bits per heavy atom. The summed E-state index contributed by atoms with van der Waals surface area (Å²) in [6.45, 7) is 10.1. The molecule has 0 radical (unpaired) electrons. The molecule has 1 saturated carbocycles. The first-order chi connectivity index (χ1) is 20.7. The van der Waals surface area contributed by atoms with Gasteiger partial charge in [0.15, 0.2) is 29.7 Å². The number of anilines is 1. The van der Waals surface area contributed by atoms with Crippen molar-refractivity contribution >= 4 is 41.8 Å². The Labute approximate surface area is 248 Å². The van der Waals surface area contributed by atoms with Crippen LogP contribution >= 0.6 is 0 Å². The van der Waals surface area contributed by atoms with Crippen molar-refractivity contribution in [3.63, 3.8) is 0 Å². The molecule has 2 aromatic rings. The molecule has 0 aromatic carbocycles. The molecule has 4 heterocycles. The highest BCUT2D eigenvalue weighted by Gasteiger charge is 2.40. The number of ketones is 1. The van der Waals surface area contributed by atoms with Crippen LogP contribution in [0.3, 0.4) is 0 Å². The number of hydrogen-bond donors (Lipinski definition) is 0. The van der Waals surface area contributed by atoms with Gasteiger partial charge in [0.05, 0.1) is 17.5 Å². The van der Waals surface area contributed by atoms with Crippen molar-refractivity contribution in [2.75, 3.05) is 31.1 Å².